The number of para-hydroxylation sites is 1. The Bertz CT molecular complexity index is 908. The number of fused-ring (bicyclic) bond motifs is 1. The summed E-state index contributed by atoms with van der Waals surface area (Å²) in [5.74, 6) is 0. The van der Waals surface area contributed by atoms with Crippen molar-refractivity contribution < 1.29 is 0 Å². The van der Waals surface area contributed by atoms with Gasteiger partial charge in [-0.2, -0.15) is 0 Å². The summed E-state index contributed by atoms with van der Waals surface area (Å²) in [6, 6.07) is 27.4. The Kier molecular flexibility index (Phi) is 2.82. The van der Waals surface area contributed by atoms with E-state index in [1.165, 1.54) is 27.3 Å². The number of benzene rings is 3. The van der Waals surface area contributed by atoms with E-state index in [4.69, 9.17) is 0 Å². The van der Waals surface area contributed by atoms with Crippen LogP contribution in [-0.2, 0) is 0 Å². The molecule has 1 N–H and O–H groups in total. The minimum atomic E-state index is 1.14. The molecule has 3 aromatic rings. The Morgan fingerprint density at radius 2 is 1.33 bits per heavy atom. The number of rotatable bonds is 3. The summed E-state index contributed by atoms with van der Waals surface area (Å²) in [5, 5.41) is 6.16. The van der Waals surface area contributed by atoms with Gasteiger partial charge in [-0.05, 0) is 22.9 Å². The molecule has 0 fully saturated rings. The fraction of sp³-hybridized carbons (Fsp3) is 0. The lowest BCUT2D eigenvalue weighted by Gasteiger charge is -2.16. The van der Waals surface area contributed by atoms with E-state index < -0.39 is 0 Å². The first-order valence-corrected chi connectivity index (χ1v) is 7.14. The molecular formula is C20H15N. The van der Waals surface area contributed by atoms with E-state index in [0.29, 0.717) is 0 Å². The third-order valence-electron chi connectivity index (χ3n) is 3.83. The third-order valence-corrected chi connectivity index (χ3v) is 3.83. The van der Waals surface area contributed by atoms with Gasteiger partial charge in [-0.1, -0.05) is 72.8 Å². The van der Waals surface area contributed by atoms with Crippen molar-refractivity contribution >= 4 is 17.5 Å². The molecule has 0 unspecified atom stereocenters. The highest BCUT2D eigenvalue weighted by Gasteiger charge is 2.09. The fourth-order valence-electron chi connectivity index (χ4n) is 2.73. The third kappa shape index (κ3) is 2.13. The lowest BCUT2D eigenvalue weighted by atomic mass is 10.0. The summed E-state index contributed by atoms with van der Waals surface area (Å²) in [6.45, 7) is 0. The van der Waals surface area contributed by atoms with Gasteiger partial charge in [0.2, 0.25) is 0 Å². The van der Waals surface area contributed by atoms with Gasteiger partial charge in [0.15, 0.2) is 0 Å². The molecular weight excluding hydrogens is 254 g/mol. The molecule has 1 heteroatoms. The van der Waals surface area contributed by atoms with Crippen LogP contribution in [0.5, 0.6) is 0 Å². The Balaban J connectivity index is 1.76. The van der Waals surface area contributed by atoms with Crippen molar-refractivity contribution in [1.29, 1.82) is 0 Å². The molecule has 0 saturated carbocycles. The van der Waals surface area contributed by atoms with Crippen LogP contribution in [0.15, 0.2) is 78.9 Å². The smallest absolute Gasteiger partial charge is 0.0470 e. The van der Waals surface area contributed by atoms with Crippen LogP contribution in [0.1, 0.15) is 0 Å². The molecule has 0 amide bonds. The second-order valence-electron chi connectivity index (χ2n) is 5.18. The quantitative estimate of drug-likeness (QED) is 0.768. The van der Waals surface area contributed by atoms with E-state index in [2.05, 4.69) is 84.2 Å². The highest BCUT2D eigenvalue weighted by atomic mass is 14.9. The van der Waals surface area contributed by atoms with Crippen molar-refractivity contribution in [1.82, 2.24) is 0 Å². The van der Waals surface area contributed by atoms with Crippen molar-refractivity contribution in [2.75, 3.05) is 5.32 Å². The number of anilines is 1. The van der Waals surface area contributed by atoms with E-state index in [9.17, 15) is 0 Å². The summed E-state index contributed by atoms with van der Waals surface area (Å²) >= 11 is 0. The molecule has 1 aliphatic carbocycles. The molecule has 0 aliphatic heterocycles. The van der Waals surface area contributed by atoms with E-state index in [1.54, 1.807) is 0 Å². The average molecular weight is 269 g/mol. The van der Waals surface area contributed by atoms with Crippen LogP contribution in [0, 0.1) is 0 Å². The van der Waals surface area contributed by atoms with Crippen molar-refractivity contribution in [3.63, 3.8) is 0 Å². The van der Waals surface area contributed by atoms with Gasteiger partial charge in [0.25, 0.3) is 0 Å². The maximum absolute atomic E-state index is 3.56. The molecule has 0 radical (unpaired) electrons. The normalized spacial score (nSPS) is 12.1. The summed E-state index contributed by atoms with van der Waals surface area (Å²) < 4.78 is 0. The van der Waals surface area contributed by atoms with Crippen molar-refractivity contribution in [2.45, 2.75) is 0 Å². The Morgan fingerprint density at radius 3 is 2.19 bits per heavy atom. The monoisotopic (exact) mass is 269 g/mol. The number of hydrogen-bond acceptors (Lipinski definition) is 1. The van der Waals surface area contributed by atoms with E-state index in [0.717, 1.165) is 5.69 Å². The van der Waals surface area contributed by atoms with Crippen LogP contribution in [0.3, 0.4) is 0 Å². The van der Waals surface area contributed by atoms with Gasteiger partial charge in [-0.3, -0.25) is 0 Å². The second kappa shape index (κ2) is 4.95. The van der Waals surface area contributed by atoms with Crippen LogP contribution in [0.4, 0.5) is 5.69 Å². The first-order valence-electron chi connectivity index (χ1n) is 7.14. The first-order chi connectivity index (χ1) is 10.4. The van der Waals surface area contributed by atoms with Gasteiger partial charge < -0.3 is 5.32 Å². The molecule has 100 valence electrons. The highest BCUT2D eigenvalue weighted by Crippen LogP contribution is 2.28. The predicted octanol–water partition coefficient (Wildman–Crippen LogP) is 3.37. The van der Waals surface area contributed by atoms with Gasteiger partial charge in [-0.25, -0.2) is 0 Å². The zero-order valence-corrected chi connectivity index (χ0v) is 11.6. The van der Waals surface area contributed by atoms with Gasteiger partial charge in [0.05, 0.1) is 0 Å². The summed E-state index contributed by atoms with van der Waals surface area (Å²) in [4.78, 5) is 0. The lowest BCUT2D eigenvalue weighted by Crippen LogP contribution is -2.36. The number of hydrogen-bond donors (Lipinski definition) is 1. The van der Waals surface area contributed by atoms with Crippen LogP contribution in [0.2, 0.25) is 0 Å². The molecule has 1 aliphatic rings. The average Bonchev–Trinajstić information content (AvgIpc) is 2.54. The van der Waals surface area contributed by atoms with Crippen LogP contribution >= 0.6 is 0 Å². The molecule has 0 bridgehead atoms. The van der Waals surface area contributed by atoms with Crippen molar-refractivity contribution in [3.8, 4) is 11.1 Å². The van der Waals surface area contributed by atoms with E-state index in [1.807, 2.05) is 6.07 Å². The topological polar surface area (TPSA) is 12.0 Å². The predicted molar refractivity (Wildman–Crippen MR) is 89.1 cm³/mol. The Morgan fingerprint density at radius 1 is 0.619 bits per heavy atom. The minimum absolute atomic E-state index is 1.14. The lowest BCUT2D eigenvalue weighted by molar-refractivity contribution is 1.43. The van der Waals surface area contributed by atoms with Gasteiger partial charge >= 0.3 is 0 Å². The Hall–Kier alpha value is -2.80. The van der Waals surface area contributed by atoms with Gasteiger partial charge in [0.1, 0.15) is 0 Å². The molecule has 21 heavy (non-hydrogen) atoms. The van der Waals surface area contributed by atoms with Crippen LogP contribution < -0.4 is 15.8 Å². The van der Waals surface area contributed by atoms with Gasteiger partial charge in [0, 0.05) is 22.2 Å². The van der Waals surface area contributed by atoms with Crippen LogP contribution in [0.25, 0.3) is 22.9 Å². The molecule has 0 heterocycles. The fourth-order valence-corrected chi connectivity index (χ4v) is 2.73. The van der Waals surface area contributed by atoms with Crippen molar-refractivity contribution in [2.24, 2.45) is 0 Å². The maximum atomic E-state index is 3.56. The molecule has 1 nitrogen and oxygen atoms in total. The summed E-state index contributed by atoms with van der Waals surface area (Å²) in [5.41, 5.74) is 4.79. The largest absolute Gasteiger partial charge is 0.354 e. The standard InChI is InChI=1S/C20H15N/c1-2-8-15(9-3-1)17-11-6-7-13-19(17)21-20-14-16-10-4-5-12-18(16)20/h1-14,21H. The first kappa shape index (κ1) is 12.0. The maximum Gasteiger partial charge on any atom is 0.0470 e. The SMILES string of the molecule is C1=c2ccccc2=C1Nc1ccccc1-c1ccccc1. The molecule has 4 rings (SSSR count). The second-order valence-corrected chi connectivity index (χ2v) is 5.18. The Labute approximate surface area is 123 Å². The zero-order valence-electron chi connectivity index (χ0n) is 11.6. The highest BCUT2D eigenvalue weighted by molar-refractivity contribution is 5.93. The van der Waals surface area contributed by atoms with Gasteiger partial charge in [-0.15, -0.1) is 0 Å². The molecule has 0 aromatic heterocycles. The summed E-state index contributed by atoms with van der Waals surface area (Å²) in [6.07, 6.45) is 2.19. The van der Waals surface area contributed by atoms with E-state index in [-0.39, 0.29) is 0 Å². The molecule has 0 spiro atoms. The summed E-state index contributed by atoms with van der Waals surface area (Å²) in [7, 11) is 0. The zero-order chi connectivity index (χ0) is 14.1. The molecule has 0 saturated heterocycles. The molecule has 3 aromatic carbocycles. The van der Waals surface area contributed by atoms with E-state index >= 15 is 0 Å². The molecule has 0 atom stereocenters. The van der Waals surface area contributed by atoms with Crippen molar-refractivity contribution in [3.05, 3.63) is 89.3 Å². The van der Waals surface area contributed by atoms with Crippen LogP contribution in [-0.4, -0.2) is 0 Å². The minimum Gasteiger partial charge on any atom is -0.354 e. The number of nitrogens with one attached hydrogen (secondary N) is 1.